The summed E-state index contributed by atoms with van der Waals surface area (Å²) in [5, 5.41) is 19.9. The quantitative estimate of drug-likeness (QED) is 0.789. The molecule has 0 saturated carbocycles. The number of amides is 2. The normalized spacial score (nSPS) is 12.1. The van der Waals surface area contributed by atoms with Gasteiger partial charge in [-0.05, 0) is 35.4 Å². The van der Waals surface area contributed by atoms with E-state index in [1.807, 2.05) is 35.0 Å². The zero-order chi connectivity index (χ0) is 12.8. The standard InChI is InChI=1S/C12H14N2O2S2/c15-9(10-3-1-7-17-10)5-6-13-12(16)14-11-4-2-8-18-11/h1-4,7-9,15H,5-6H2,(H2,13,14,16). The third kappa shape index (κ3) is 3.83. The van der Waals surface area contributed by atoms with Crippen molar-refractivity contribution in [2.75, 3.05) is 11.9 Å². The molecule has 6 heteroatoms. The summed E-state index contributed by atoms with van der Waals surface area (Å²) in [5.74, 6) is 0. The number of aliphatic hydroxyl groups is 1. The number of carbonyl (C=O) groups excluding carboxylic acids is 1. The number of hydrogen-bond acceptors (Lipinski definition) is 4. The minimum absolute atomic E-state index is 0.240. The van der Waals surface area contributed by atoms with Gasteiger partial charge in [0.2, 0.25) is 0 Å². The Kier molecular flexibility index (Phi) is 4.74. The van der Waals surface area contributed by atoms with Crippen LogP contribution in [-0.4, -0.2) is 17.7 Å². The van der Waals surface area contributed by atoms with Crippen molar-refractivity contribution < 1.29 is 9.90 Å². The van der Waals surface area contributed by atoms with Crippen LogP contribution in [-0.2, 0) is 0 Å². The number of aliphatic hydroxyl groups excluding tert-OH is 1. The molecular formula is C12H14N2O2S2. The first-order valence-corrected chi connectivity index (χ1v) is 7.31. The van der Waals surface area contributed by atoms with Gasteiger partial charge in [-0.15, -0.1) is 22.7 Å². The topological polar surface area (TPSA) is 61.4 Å². The number of nitrogens with one attached hydrogen (secondary N) is 2. The molecule has 4 nitrogen and oxygen atoms in total. The highest BCUT2D eigenvalue weighted by Crippen LogP contribution is 2.21. The number of thiophene rings is 2. The van der Waals surface area contributed by atoms with E-state index in [0.717, 1.165) is 9.88 Å². The van der Waals surface area contributed by atoms with E-state index >= 15 is 0 Å². The van der Waals surface area contributed by atoms with Crippen LogP contribution in [0.1, 0.15) is 17.4 Å². The second-order valence-corrected chi connectivity index (χ2v) is 5.61. The van der Waals surface area contributed by atoms with Crippen molar-refractivity contribution in [3.63, 3.8) is 0 Å². The van der Waals surface area contributed by atoms with Crippen LogP contribution in [0.3, 0.4) is 0 Å². The fourth-order valence-corrected chi connectivity index (χ4v) is 2.81. The summed E-state index contributed by atoms with van der Waals surface area (Å²) < 4.78 is 0. The van der Waals surface area contributed by atoms with Crippen LogP contribution in [0.5, 0.6) is 0 Å². The number of carbonyl (C=O) groups is 1. The highest BCUT2D eigenvalue weighted by atomic mass is 32.1. The zero-order valence-corrected chi connectivity index (χ0v) is 11.3. The molecule has 0 fully saturated rings. The Hall–Kier alpha value is -1.37. The molecule has 0 aromatic carbocycles. The summed E-state index contributed by atoms with van der Waals surface area (Å²) in [6, 6.07) is 7.27. The Morgan fingerprint density at radius 1 is 1.28 bits per heavy atom. The van der Waals surface area contributed by atoms with Gasteiger partial charge in [0.1, 0.15) is 0 Å². The van der Waals surface area contributed by atoms with E-state index in [-0.39, 0.29) is 6.03 Å². The van der Waals surface area contributed by atoms with E-state index in [1.54, 1.807) is 0 Å². The van der Waals surface area contributed by atoms with E-state index in [2.05, 4.69) is 10.6 Å². The predicted molar refractivity (Wildman–Crippen MR) is 75.2 cm³/mol. The Morgan fingerprint density at radius 3 is 2.72 bits per heavy atom. The fraction of sp³-hybridized carbons (Fsp3) is 0.250. The number of rotatable bonds is 5. The maximum absolute atomic E-state index is 11.5. The van der Waals surface area contributed by atoms with E-state index in [9.17, 15) is 9.90 Å². The molecule has 1 unspecified atom stereocenters. The molecule has 2 rings (SSSR count). The van der Waals surface area contributed by atoms with Gasteiger partial charge in [0, 0.05) is 11.4 Å². The molecule has 0 spiro atoms. The summed E-state index contributed by atoms with van der Waals surface area (Å²) in [4.78, 5) is 12.4. The highest BCUT2D eigenvalue weighted by molar-refractivity contribution is 7.14. The summed E-state index contributed by atoms with van der Waals surface area (Å²) in [7, 11) is 0. The first-order chi connectivity index (χ1) is 8.75. The zero-order valence-electron chi connectivity index (χ0n) is 9.63. The first kappa shape index (κ1) is 13.1. The molecule has 0 saturated heterocycles. The minimum atomic E-state index is -0.507. The molecule has 0 bridgehead atoms. The Morgan fingerprint density at radius 2 is 2.06 bits per heavy atom. The maximum atomic E-state index is 11.5. The van der Waals surface area contributed by atoms with Gasteiger partial charge in [-0.3, -0.25) is 5.32 Å². The second kappa shape index (κ2) is 6.53. The lowest BCUT2D eigenvalue weighted by molar-refractivity contribution is 0.171. The van der Waals surface area contributed by atoms with Crippen molar-refractivity contribution in [3.8, 4) is 0 Å². The van der Waals surface area contributed by atoms with Gasteiger partial charge in [-0.25, -0.2) is 4.79 Å². The molecule has 0 aliphatic rings. The van der Waals surface area contributed by atoms with Crippen molar-refractivity contribution in [1.29, 1.82) is 0 Å². The third-order valence-corrected chi connectivity index (χ3v) is 4.09. The largest absolute Gasteiger partial charge is 0.388 e. The Labute approximate surface area is 113 Å². The molecule has 0 aliphatic heterocycles. The summed E-state index contributed by atoms with van der Waals surface area (Å²) in [5.41, 5.74) is 0. The number of hydrogen-bond donors (Lipinski definition) is 3. The Balaban J connectivity index is 1.67. The molecule has 2 amide bonds. The first-order valence-electron chi connectivity index (χ1n) is 5.55. The monoisotopic (exact) mass is 282 g/mol. The van der Waals surface area contributed by atoms with Gasteiger partial charge in [-0.2, -0.15) is 0 Å². The summed E-state index contributed by atoms with van der Waals surface area (Å²) in [6.45, 7) is 0.441. The molecular weight excluding hydrogens is 268 g/mol. The molecule has 2 aromatic heterocycles. The predicted octanol–water partition coefficient (Wildman–Crippen LogP) is 3.05. The third-order valence-electron chi connectivity index (χ3n) is 2.33. The van der Waals surface area contributed by atoms with E-state index in [0.29, 0.717) is 13.0 Å². The van der Waals surface area contributed by atoms with Crippen molar-refractivity contribution in [3.05, 3.63) is 39.9 Å². The van der Waals surface area contributed by atoms with Gasteiger partial charge >= 0.3 is 6.03 Å². The van der Waals surface area contributed by atoms with Crippen LogP contribution in [0.4, 0.5) is 9.80 Å². The average molecular weight is 282 g/mol. The van der Waals surface area contributed by atoms with Crippen molar-refractivity contribution in [1.82, 2.24) is 5.32 Å². The van der Waals surface area contributed by atoms with Crippen LogP contribution >= 0.6 is 22.7 Å². The molecule has 2 aromatic rings. The van der Waals surface area contributed by atoms with Crippen LogP contribution in [0.25, 0.3) is 0 Å². The molecule has 96 valence electrons. The van der Waals surface area contributed by atoms with E-state index in [4.69, 9.17) is 0 Å². The second-order valence-electron chi connectivity index (χ2n) is 3.68. The van der Waals surface area contributed by atoms with Gasteiger partial charge < -0.3 is 10.4 Å². The fourth-order valence-electron chi connectivity index (χ4n) is 1.45. The lowest BCUT2D eigenvalue weighted by atomic mass is 10.2. The van der Waals surface area contributed by atoms with Crippen LogP contribution in [0.2, 0.25) is 0 Å². The van der Waals surface area contributed by atoms with Crippen LogP contribution in [0.15, 0.2) is 35.0 Å². The maximum Gasteiger partial charge on any atom is 0.319 e. The van der Waals surface area contributed by atoms with Gasteiger partial charge in [0.05, 0.1) is 11.1 Å². The molecule has 18 heavy (non-hydrogen) atoms. The highest BCUT2D eigenvalue weighted by Gasteiger charge is 2.09. The summed E-state index contributed by atoms with van der Waals surface area (Å²) >= 11 is 2.99. The minimum Gasteiger partial charge on any atom is -0.388 e. The SMILES string of the molecule is O=C(NCCC(O)c1cccs1)Nc1cccs1. The lowest BCUT2D eigenvalue weighted by Gasteiger charge is -2.09. The van der Waals surface area contributed by atoms with E-state index < -0.39 is 6.10 Å². The van der Waals surface area contributed by atoms with Gasteiger partial charge in [0.25, 0.3) is 0 Å². The number of anilines is 1. The van der Waals surface area contributed by atoms with Gasteiger partial charge in [0.15, 0.2) is 0 Å². The van der Waals surface area contributed by atoms with Crippen molar-refractivity contribution >= 4 is 33.7 Å². The smallest absolute Gasteiger partial charge is 0.319 e. The van der Waals surface area contributed by atoms with Crippen molar-refractivity contribution in [2.24, 2.45) is 0 Å². The lowest BCUT2D eigenvalue weighted by Crippen LogP contribution is -2.29. The molecule has 1 atom stereocenters. The molecule has 0 radical (unpaired) electrons. The van der Waals surface area contributed by atoms with Crippen molar-refractivity contribution in [2.45, 2.75) is 12.5 Å². The Bertz CT molecular complexity index is 468. The van der Waals surface area contributed by atoms with Crippen LogP contribution < -0.4 is 10.6 Å². The van der Waals surface area contributed by atoms with Gasteiger partial charge in [-0.1, -0.05) is 6.07 Å². The molecule has 3 N–H and O–H groups in total. The number of urea groups is 1. The molecule has 0 aliphatic carbocycles. The summed E-state index contributed by atoms with van der Waals surface area (Å²) in [6.07, 6.45) is 0.00490. The molecule has 2 heterocycles. The average Bonchev–Trinajstić information content (AvgIpc) is 3.00. The van der Waals surface area contributed by atoms with Crippen LogP contribution in [0, 0.1) is 0 Å². The van der Waals surface area contributed by atoms with E-state index in [1.165, 1.54) is 22.7 Å².